The number of H-pyrrole nitrogens is 1. The second kappa shape index (κ2) is 7.87. The lowest BCUT2D eigenvalue weighted by molar-refractivity contribution is 0.178. The van der Waals surface area contributed by atoms with Crippen LogP contribution in [0.5, 0.6) is 5.75 Å². The fourth-order valence-electron chi connectivity index (χ4n) is 4.21. The number of aryl methyl sites for hydroxylation is 1. The molecule has 2 N–H and O–H groups in total. The molecule has 10 nitrogen and oxygen atoms in total. The van der Waals surface area contributed by atoms with E-state index in [9.17, 15) is 9.59 Å². The van der Waals surface area contributed by atoms with Gasteiger partial charge >= 0.3 is 6.09 Å². The molecule has 0 unspecified atom stereocenters. The Morgan fingerprint density at radius 1 is 1.27 bits per heavy atom. The first-order chi connectivity index (χ1) is 15.8. The topological polar surface area (TPSA) is 122 Å². The summed E-state index contributed by atoms with van der Waals surface area (Å²) in [5.74, 6) is 1.49. The Balaban J connectivity index is 1.52. The molecule has 0 bridgehead atoms. The molecule has 3 heterocycles. The number of anilines is 2. The van der Waals surface area contributed by atoms with Crippen LogP contribution < -0.4 is 20.5 Å². The Kier molecular flexibility index (Phi) is 5.12. The third-order valence-corrected chi connectivity index (χ3v) is 6.32. The molecule has 5 rings (SSSR count). The quantitative estimate of drug-likeness (QED) is 0.561. The van der Waals surface area contributed by atoms with Gasteiger partial charge in [-0.05, 0) is 38.3 Å². The number of pyridine rings is 1. The van der Waals surface area contributed by atoms with E-state index < -0.39 is 11.6 Å². The van der Waals surface area contributed by atoms with Gasteiger partial charge in [0.1, 0.15) is 18.2 Å². The van der Waals surface area contributed by atoms with Gasteiger partial charge in [0.25, 0.3) is 5.56 Å². The summed E-state index contributed by atoms with van der Waals surface area (Å²) < 4.78 is 10.5. The number of fused-ring (bicyclic) bond motifs is 1. The molecule has 0 radical (unpaired) electrons. The number of methoxy groups -OCH3 is 1. The smallest absolute Gasteiger partial charge is 0.417 e. The van der Waals surface area contributed by atoms with E-state index in [0.717, 1.165) is 18.2 Å². The Bertz CT molecular complexity index is 1320. The van der Waals surface area contributed by atoms with Crippen molar-refractivity contribution in [2.75, 3.05) is 23.9 Å². The van der Waals surface area contributed by atoms with Crippen LogP contribution in [0.25, 0.3) is 10.9 Å². The first-order valence-corrected chi connectivity index (χ1v) is 11.1. The lowest BCUT2D eigenvalue weighted by Gasteiger charge is -2.21. The van der Waals surface area contributed by atoms with Gasteiger partial charge in [-0.3, -0.25) is 4.79 Å². The molecule has 1 amide bonds. The lowest BCUT2D eigenvalue weighted by Crippen LogP contribution is -2.35. The van der Waals surface area contributed by atoms with Gasteiger partial charge in [-0.25, -0.2) is 9.69 Å². The minimum atomic E-state index is -0.627. The molecule has 3 aromatic rings. The highest BCUT2D eigenvalue weighted by atomic mass is 35.5. The zero-order valence-corrected chi connectivity index (χ0v) is 19.2. The maximum absolute atomic E-state index is 13.0. The number of cyclic esters (lactones) is 1. The van der Waals surface area contributed by atoms with Gasteiger partial charge in [0.2, 0.25) is 11.9 Å². The normalized spacial score (nSPS) is 19.0. The fraction of sp³-hybridized carbons (Fsp3) is 0.409. The van der Waals surface area contributed by atoms with Crippen molar-refractivity contribution in [3.8, 4) is 5.75 Å². The van der Waals surface area contributed by atoms with Crippen LogP contribution in [0.4, 0.5) is 16.7 Å². The van der Waals surface area contributed by atoms with Crippen LogP contribution in [-0.2, 0) is 10.3 Å². The summed E-state index contributed by atoms with van der Waals surface area (Å²) in [4.78, 5) is 42.9. The summed E-state index contributed by atoms with van der Waals surface area (Å²) in [6.45, 7) is 4.00. The summed E-state index contributed by atoms with van der Waals surface area (Å²) in [6, 6.07) is 5.13. The molecule has 1 aromatic carbocycles. The van der Waals surface area contributed by atoms with Crippen LogP contribution in [0, 0.1) is 6.92 Å². The molecule has 1 saturated heterocycles. The summed E-state index contributed by atoms with van der Waals surface area (Å²) in [6.07, 6.45) is 1.68. The van der Waals surface area contributed by atoms with E-state index in [2.05, 4.69) is 25.3 Å². The van der Waals surface area contributed by atoms with Gasteiger partial charge in [0, 0.05) is 22.0 Å². The summed E-state index contributed by atoms with van der Waals surface area (Å²) in [5, 5.41) is 4.60. The van der Waals surface area contributed by atoms with Crippen LogP contribution >= 0.6 is 11.6 Å². The van der Waals surface area contributed by atoms with Crippen molar-refractivity contribution in [2.24, 2.45) is 0 Å². The van der Waals surface area contributed by atoms with Crippen LogP contribution in [-0.4, -0.2) is 45.8 Å². The summed E-state index contributed by atoms with van der Waals surface area (Å²) in [5.41, 5.74) is 0.292. The maximum atomic E-state index is 13.0. The van der Waals surface area contributed by atoms with Crippen LogP contribution in [0.15, 0.2) is 23.0 Å². The van der Waals surface area contributed by atoms with Gasteiger partial charge in [-0.2, -0.15) is 15.0 Å². The molecule has 1 aliphatic heterocycles. The van der Waals surface area contributed by atoms with E-state index >= 15 is 0 Å². The molecule has 1 atom stereocenters. The number of nitrogens with zero attached hydrogens (tertiary/aromatic N) is 4. The number of rotatable bonds is 6. The van der Waals surface area contributed by atoms with Crippen molar-refractivity contribution in [3.05, 3.63) is 45.0 Å². The predicted octanol–water partition coefficient (Wildman–Crippen LogP) is 3.52. The Morgan fingerprint density at radius 2 is 2.06 bits per heavy atom. The molecular formula is C22H23ClN6O4. The highest BCUT2D eigenvalue weighted by Crippen LogP contribution is 2.47. The number of benzene rings is 1. The maximum Gasteiger partial charge on any atom is 0.417 e. The fourth-order valence-corrected chi connectivity index (χ4v) is 4.42. The number of halogens is 1. The third kappa shape index (κ3) is 3.74. The molecule has 33 heavy (non-hydrogen) atoms. The van der Waals surface area contributed by atoms with Gasteiger partial charge in [-0.1, -0.05) is 18.5 Å². The van der Waals surface area contributed by atoms with Crippen LogP contribution in [0.3, 0.4) is 0 Å². The highest BCUT2D eigenvalue weighted by molar-refractivity contribution is 6.31. The van der Waals surface area contributed by atoms with Crippen molar-refractivity contribution in [2.45, 2.75) is 44.7 Å². The van der Waals surface area contributed by atoms with E-state index in [0.29, 0.717) is 46.7 Å². The number of ether oxygens (including phenoxy) is 2. The molecule has 2 aromatic heterocycles. The summed E-state index contributed by atoms with van der Waals surface area (Å²) >= 11 is 6.23. The molecule has 2 fully saturated rings. The minimum Gasteiger partial charge on any atom is -0.494 e. The van der Waals surface area contributed by atoms with Gasteiger partial charge < -0.3 is 19.8 Å². The zero-order chi connectivity index (χ0) is 23.3. The number of nitrogens with one attached hydrogen (secondary N) is 2. The van der Waals surface area contributed by atoms with Gasteiger partial charge in [-0.15, -0.1) is 0 Å². The van der Waals surface area contributed by atoms with E-state index in [-0.39, 0.29) is 17.5 Å². The van der Waals surface area contributed by atoms with E-state index in [4.69, 9.17) is 21.1 Å². The highest BCUT2D eigenvalue weighted by Gasteiger charge is 2.47. The van der Waals surface area contributed by atoms with E-state index in [1.165, 1.54) is 12.0 Å². The van der Waals surface area contributed by atoms with Crippen molar-refractivity contribution >= 4 is 40.5 Å². The number of amides is 1. The Hall–Kier alpha value is -3.40. The van der Waals surface area contributed by atoms with Gasteiger partial charge in [0.05, 0.1) is 24.2 Å². The van der Waals surface area contributed by atoms with Crippen molar-refractivity contribution < 1.29 is 14.3 Å². The standard InChI is InChI=1S/C22H23ClN6O4/c1-4-14-10-33-21(31)29(14)20-25-11(2)24-19(27-20)28-22(5-6-22)15-8-12-7-13(23)9-16(32-3)17(12)26-18(15)30/h7-9,14H,4-6,10H2,1-3H3,(H,26,30)(H,24,25,27,28)/t14-/m0/s1. The number of carbonyl (C=O) groups excluding carboxylic acids is 1. The monoisotopic (exact) mass is 470 g/mol. The number of carbonyl (C=O) groups is 1. The van der Waals surface area contributed by atoms with Crippen molar-refractivity contribution in [1.82, 2.24) is 19.9 Å². The molecule has 172 valence electrons. The Labute approximate surface area is 194 Å². The minimum absolute atomic E-state index is 0.134. The lowest BCUT2D eigenvalue weighted by atomic mass is 10.0. The molecule has 1 saturated carbocycles. The third-order valence-electron chi connectivity index (χ3n) is 6.10. The molecule has 11 heteroatoms. The largest absolute Gasteiger partial charge is 0.494 e. The predicted molar refractivity (Wildman–Crippen MR) is 123 cm³/mol. The Morgan fingerprint density at radius 3 is 2.76 bits per heavy atom. The first kappa shape index (κ1) is 21.4. The zero-order valence-electron chi connectivity index (χ0n) is 18.4. The van der Waals surface area contributed by atoms with Crippen molar-refractivity contribution in [1.29, 1.82) is 0 Å². The average Bonchev–Trinajstić information content (AvgIpc) is 3.45. The molecular weight excluding hydrogens is 448 g/mol. The average molecular weight is 471 g/mol. The number of hydrogen-bond acceptors (Lipinski definition) is 8. The van der Waals surface area contributed by atoms with E-state index in [1.54, 1.807) is 19.1 Å². The van der Waals surface area contributed by atoms with Gasteiger partial charge in [0.15, 0.2) is 0 Å². The first-order valence-electron chi connectivity index (χ1n) is 10.7. The SMILES string of the molecule is CC[C@H]1COC(=O)N1c1nc(C)nc(NC2(c3cc4cc(Cl)cc(OC)c4[nH]c3=O)CC2)n1. The molecule has 2 aliphatic rings. The number of aromatic nitrogens is 4. The molecule has 1 aliphatic carbocycles. The molecule has 0 spiro atoms. The van der Waals surface area contributed by atoms with Crippen molar-refractivity contribution in [3.63, 3.8) is 0 Å². The second-order valence-corrected chi connectivity index (χ2v) is 8.74. The summed E-state index contributed by atoms with van der Waals surface area (Å²) in [7, 11) is 1.53. The van der Waals surface area contributed by atoms with Crippen LogP contribution in [0.2, 0.25) is 5.02 Å². The number of hydrogen-bond donors (Lipinski definition) is 2. The van der Waals surface area contributed by atoms with E-state index in [1.807, 2.05) is 13.0 Å². The van der Waals surface area contributed by atoms with Crippen LogP contribution in [0.1, 0.15) is 37.6 Å². The number of aromatic amines is 1. The second-order valence-electron chi connectivity index (χ2n) is 8.31.